The van der Waals surface area contributed by atoms with E-state index in [1.165, 1.54) is 0 Å². The molecule has 2 aromatic rings. The van der Waals surface area contributed by atoms with Crippen molar-refractivity contribution < 1.29 is 9.90 Å². The van der Waals surface area contributed by atoms with Gasteiger partial charge in [0, 0.05) is 26.0 Å². The van der Waals surface area contributed by atoms with Gasteiger partial charge in [-0.15, -0.1) is 0 Å². The Kier molecular flexibility index (Phi) is 5.57. The number of likely N-dealkylation sites (tertiary alicyclic amines) is 1. The van der Waals surface area contributed by atoms with E-state index in [1.807, 2.05) is 39.3 Å². The number of pyridine rings is 1. The molecule has 2 atom stereocenters. The predicted octanol–water partition coefficient (Wildman–Crippen LogP) is 3.48. The maximum absolute atomic E-state index is 11.9. The number of carboxylic acids is 1. The highest BCUT2D eigenvalue weighted by atomic mass is 16.4. The van der Waals surface area contributed by atoms with Crippen molar-refractivity contribution in [3.8, 4) is 0 Å². The monoisotopic (exact) mass is 353 g/mol. The average molecular weight is 353 g/mol. The van der Waals surface area contributed by atoms with Crippen molar-refractivity contribution in [1.29, 1.82) is 0 Å². The van der Waals surface area contributed by atoms with Gasteiger partial charge < -0.3 is 10.0 Å². The Labute approximate surface area is 155 Å². The van der Waals surface area contributed by atoms with Gasteiger partial charge in [-0.3, -0.25) is 14.7 Å². The fraction of sp³-hybridized carbons (Fsp3) is 0.429. The molecule has 1 aliphatic heterocycles. The van der Waals surface area contributed by atoms with Crippen LogP contribution in [0.5, 0.6) is 0 Å². The number of benzene rings is 1. The lowest BCUT2D eigenvalue weighted by molar-refractivity contribution is -0.145. The molecular weight excluding hydrogens is 326 g/mol. The summed E-state index contributed by atoms with van der Waals surface area (Å²) in [6.45, 7) is 2.78. The molecule has 2 heterocycles. The molecule has 1 saturated heterocycles. The molecule has 1 fully saturated rings. The van der Waals surface area contributed by atoms with Crippen molar-refractivity contribution in [2.24, 2.45) is 0 Å². The molecule has 1 aromatic heterocycles. The highest BCUT2D eigenvalue weighted by molar-refractivity contribution is 5.73. The predicted molar refractivity (Wildman–Crippen MR) is 104 cm³/mol. The second-order valence-corrected chi connectivity index (χ2v) is 7.24. The minimum Gasteiger partial charge on any atom is -0.480 e. The van der Waals surface area contributed by atoms with Crippen LogP contribution in [0.25, 0.3) is 0 Å². The summed E-state index contributed by atoms with van der Waals surface area (Å²) >= 11 is 0. The molecule has 3 rings (SSSR count). The molecule has 0 spiro atoms. The first-order valence-corrected chi connectivity index (χ1v) is 9.16. The lowest BCUT2D eigenvalue weighted by Gasteiger charge is -2.39. The third-order valence-corrected chi connectivity index (χ3v) is 5.10. The third-order valence-electron chi connectivity index (χ3n) is 5.10. The van der Waals surface area contributed by atoms with E-state index in [1.54, 1.807) is 0 Å². The fourth-order valence-corrected chi connectivity index (χ4v) is 3.66. The minimum absolute atomic E-state index is 0.145. The number of carboxylic acid groups (broad SMARTS) is 1. The van der Waals surface area contributed by atoms with Crippen LogP contribution < -0.4 is 4.90 Å². The molecule has 0 amide bonds. The number of aliphatic carboxylic acids is 1. The molecule has 26 heavy (non-hydrogen) atoms. The van der Waals surface area contributed by atoms with Gasteiger partial charge in [0.05, 0.1) is 11.7 Å². The summed E-state index contributed by atoms with van der Waals surface area (Å²) in [4.78, 5) is 20.7. The molecule has 1 aromatic carbocycles. The van der Waals surface area contributed by atoms with E-state index in [0.29, 0.717) is 6.42 Å². The Morgan fingerprint density at radius 3 is 2.50 bits per heavy atom. The molecule has 0 saturated carbocycles. The van der Waals surface area contributed by atoms with Crippen molar-refractivity contribution in [3.63, 3.8) is 0 Å². The number of aromatic nitrogens is 1. The summed E-state index contributed by atoms with van der Waals surface area (Å²) in [5.41, 5.74) is 4.21. The van der Waals surface area contributed by atoms with Crippen LogP contribution in [-0.4, -0.2) is 47.6 Å². The lowest BCUT2D eigenvalue weighted by Crippen LogP contribution is -2.47. The molecule has 1 aliphatic rings. The van der Waals surface area contributed by atoms with E-state index in [-0.39, 0.29) is 6.04 Å². The number of carbonyl (C=O) groups is 1. The standard InChI is InChI=1S/C21H27N3O2/c1-15-7-12-18(22-14-15)20(16-8-10-17(11-9-16)23(2)3)24-13-5-4-6-19(24)21(25)26/h7-12,14,19-20H,4-6,13H2,1-3H3,(H,25,26). The quantitative estimate of drug-likeness (QED) is 0.892. The van der Waals surface area contributed by atoms with Gasteiger partial charge in [0.1, 0.15) is 6.04 Å². The molecular formula is C21H27N3O2. The molecule has 0 radical (unpaired) electrons. The van der Waals surface area contributed by atoms with Crippen LogP contribution in [0, 0.1) is 6.92 Å². The summed E-state index contributed by atoms with van der Waals surface area (Å²) in [5, 5.41) is 9.74. The third kappa shape index (κ3) is 3.88. The second-order valence-electron chi connectivity index (χ2n) is 7.24. The smallest absolute Gasteiger partial charge is 0.320 e. The Balaban J connectivity index is 2.03. The summed E-state index contributed by atoms with van der Waals surface area (Å²) in [6.07, 6.45) is 4.52. The summed E-state index contributed by atoms with van der Waals surface area (Å²) in [7, 11) is 4.03. The van der Waals surface area contributed by atoms with Crippen molar-refractivity contribution in [2.45, 2.75) is 38.3 Å². The van der Waals surface area contributed by atoms with Crippen LogP contribution in [0.2, 0.25) is 0 Å². The largest absolute Gasteiger partial charge is 0.480 e. The van der Waals surface area contributed by atoms with Gasteiger partial charge >= 0.3 is 5.97 Å². The average Bonchev–Trinajstić information content (AvgIpc) is 2.64. The number of nitrogens with zero attached hydrogens (tertiary/aromatic N) is 3. The highest BCUT2D eigenvalue weighted by Gasteiger charge is 2.35. The topological polar surface area (TPSA) is 56.7 Å². The van der Waals surface area contributed by atoms with Gasteiger partial charge in [-0.05, 0) is 55.6 Å². The van der Waals surface area contributed by atoms with Gasteiger partial charge in [-0.2, -0.15) is 0 Å². The summed E-state index contributed by atoms with van der Waals surface area (Å²) in [6, 6.07) is 11.8. The van der Waals surface area contributed by atoms with Crippen molar-refractivity contribution in [3.05, 3.63) is 59.4 Å². The lowest BCUT2D eigenvalue weighted by atomic mass is 9.94. The molecule has 5 heteroatoms. The van der Waals surface area contributed by atoms with Crippen LogP contribution in [0.3, 0.4) is 0 Å². The van der Waals surface area contributed by atoms with Crippen LogP contribution in [0.15, 0.2) is 42.6 Å². The zero-order valence-electron chi connectivity index (χ0n) is 15.7. The van der Waals surface area contributed by atoms with E-state index in [2.05, 4.69) is 39.0 Å². The van der Waals surface area contributed by atoms with Gasteiger partial charge in [0.15, 0.2) is 0 Å². The van der Waals surface area contributed by atoms with E-state index in [4.69, 9.17) is 0 Å². The zero-order chi connectivity index (χ0) is 18.7. The van der Waals surface area contributed by atoms with Gasteiger partial charge in [-0.1, -0.05) is 24.6 Å². The molecule has 0 bridgehead atoms. The van der Waals surface area contributed by atoms with Gasteiger partial charge in [0.25, 0.3) is 0 Å². The summed E-state index contributed by atoms with van der Waals surface area (Å²) in [5.74, 6) is -0.744. The van der Waals surface area contributed by atoms with Gasteiger partial charge in [0.2, 0.25) is 0 Å². The first kappa shape index (κ1) is 18.4. The first-order valence-electron chi connectivity index (χ1n) is 9.16. The second kappa shape index (κ2) is 7.87. The maximum Gasteiger partial charge on any atom is 0.320 e. The zero-order valence-corrected chi connectivity index (χ0v) is 15.7. The Morgan fingerprint density at radius 1 is 1.19 bits per heavy atom. The van der Waals surface area contributed by atoms with Gasteiger partial charge in [-0.25, -0.2) is 0 Å². The fourth-order valence-electron chi connectivity index (χ4n) is 3.66. The first-order chi connectivity index (χ1) is 12.5. The molecule has 138 valence electrons. The number of anilines is 1. The van der Waals surface area contributed by atoms with Crippen LogP contribution in [-0.2, 0) is 4.79 Å². The number of aryl methyl sites for hydroxylation is 1. The normalized spacial score (nSPS) is 19.1. The van der Waals surface area contributed by atoms with Crippen molar-refractivity contribution >= 4 is 11.7 Å². The number of hydrogen-bond donors (Lipinski definition) is 1. The number of hydrogen-bond acceptors (Lipinski definition) is 4. The maximum atomic E-state index is 11.9. The van der Waals surface area contributed by atoms with Crippen molar-refractivity contribution in [2.75, 3.05) is 25.5 Å². The minimum atomic E-state index is -0.744. The molecule has 5 nitrogen and oxygen atoms in total. The number of rotatable bonds is 5. The SMILES string of the molecule is Cc1ccc(C(c2ccc(N(C)C)cc2)N2CCCCC2C(=O)O)nc1. The van der Waals surface area contributed by atoms with E-state index in [0.717, 1.165) is 41.9 Å². The van der Waals surface area contributed by atoms with E-state index < -0.39 is 12.0 Å². The van der Waals surface area contributed by atoms with Crippen LogP contribution in [0.4, 0.5) is 5.69 Å². The molecule has 1 N–H and O–H groups in total. The van der Waals surface area contributed by atoms with Crippen LogP contribution >= 0.6 is 0 Å². The Hall–Kier alpha value is -2.40. The highest BCUT2D eigenvalue weighted by Crippen LogP contribution is 2.34. The Bertz CT molecular complexity index is 741. The number of piperidine rings is 1. The molecule has 2 unspecified atom stereocenters. The van der Waals surface area contributed by atoms with E-state index >= 15 is 0 Å². The molecule has 0 aliphatic carbocycles. The van der Waals surface area contributed by atoms with Crippen LogP contribution in [0.1, 0.15) is 42.1 Å². The summed E-state index contributed by atoms with van der Waals surface area (Å²) < 4.78 is 0. The van der Waals surface area contributed by atoms with Crippen molar-refractivity contribution in [1.82, 2.24) is 9.88 Å². The Morgan fingerprint density at radius 2 is 1.92 bits per heavy atom. The van der Waals surface area contributed by atoms with E-state index in [9.17, 15) is 9.90 Å².